The summed E-state index contributed by atoms with van der Waals surface area (Å²) in [5.41, 5.74) is 1.37. The molecule has 2 atom stereocenters. The highest BCUT2D eigenvalue weighted by molar-refractivity contribution is 8.00. The molecule has 2 fully saturated rings. The molecule has 0 aromatic heterocycles. The van der Waals surface area contributed by atoms with Gasteiger partial charge in [0.1, 0.15) is 0 Å². The van der Waals surface area contributed by atoms with Crippen molar-refractivity contribution >= 4 is 29.3 Å². The van der Waals surface area contributed by atoms with Gasteiger partial charge >= 0.3 is 0 Å². The van der Waals surface area contributed by atoms with Gasteiger partial charge in [0.2, 0.25) is 11.8 Å². The van der Waals surface area contributed by atoms with Gasteiger partial charge < -0.3 is 10.2 Å². The van der Waals surface area contributed by atoms with E-state index in [1.165, 1.54) is 18.2 Å². The molecule has 5 heteroatoms. The highest BCUT2D eigenvalue weighted by Crippen LogP contribution is 2.52. The summed E-state index contributed by atoms with van der Waals surface area (Å²) in [5, 5.41) is 2.85. The van der Waals surface area contributed by atoms with Gasteiger partial charge in [-0.25, -0.2) is 0 Å². The number of para-hydroxylation sites is 1. The van der Waals surface area contributed by atoms with Crippen LogP contribution in [0.15, 0.2) is 30.3 Å². The van der Waals surface area contributed by atoms with E-state index in [0.717, 1.165) is 25.1 Å². The Morgan fingerprint density at radius 1 is 1.16 bits per heavy atom. The van der Waals surface area contributed by atoms with Crippen molar-refractivity contribution in [2.24, 2.45) is 10.8 Å². The van der Waals surface area contributed by atoms with Crippen LogP contribution in [0.25, 0.3) is 0 Å². The maximum atomic E-state index is 12.7. The number of nitrogens with one attached hydrogen (secondary N) is 1. The third-order valence-corrected chi connectivity index (χ3v) is 6.17. The van der Waals surface area contributed by atoms with Gasteiger partial charge in [0.15, 0.2) is 0 Å². The fraction of sp³-hybridized carbons (Fsp3) is 0.600. The van der Waals surface area contributed by atoms with Crippen LogP contribution in [0, 0.1) is 10.8 Å². The average Bonchev–Trinajstić information content (AvgIpc) is 2.77. The van der Waals surface area contributed by atoms with Crippen LogP contribution in [0.2, 0.25) is 0 Å². The Morgan fingerprint density at radius 2 is 1.88 bits per heavy atom. The first-order chi connectivity index (χ1) is 11.8. The second-order valence-corrected chi connectivity index (χ2v) is 9.63. The molecule has 2 bridgehead atoms. The van der Waals surface area contributed by atoms with Crippen LogP contribution < -0.4 is 5.32 Å². The topological polar surface area (TPSA) is 49.4 Å². The van der Waals surface area contributed by atoms with Crippen molar-refractivity contribution in [3.8, 4) is 0 Å². The van der Waals surface area contributed by atoms with Crippen LogP contribution in [0.5, 0.6) is 0 Å². The molecule has 1 saturated carbocycles. The number of benzene rings is 1. The average molecular weight is 361 g/mol. The first-order valence-corrected chi connectivity index (χ1v) is 10.1. The Morgan fingerprint density at radius 3 is 2.60 bits per heavy atom. The largest absolute Gasteiger partial charge is 0.338 e. The highest BCUT2D eigenvalue weighted by Gasteiger charge is 2.50. The number of carbonyl (C=O) groups is 2. The van der Waals surface area contributed by atoms with Gasteiger partial charge in [-0.2, -0.15) is 0 Å². The number of carbonyl (C=O) groups excluding carboxylic acids is 2. The van der Waals surface area contributed by atoms with Crippen molar-refractivity contribution in [2.75, 3.05) is 23.4 Å². The number of rotatable bonds is 5. The number of nitrogens with zero attached hydrogens (tertiary/aromatic N) is 1. The second-order valence-electron chi connectivity index (χ2n) is 8.64. The fourth-order valence-corrected chi connectivity index (χ4v) is 5.48. The summed E-state index contributed by atoms with van der Waals surface area (Å²) in [6.07, 6.45) is 3.40. The smallest absolute Gasteiger partial charge is 0.234 e. The van der Waals surface area contributed by atoms with Crippen LogP contribution >= 0.6 is 11.8 Å². The number of hydrogen-bond donors (Lipinski definition) is 1. The third kappa shape index (κ3) is 4.57. The summed E-state index contributed by atoms with van der Waals surface area (Å²) in [5.74, 6) is 0.818. The van der Waals surface area contributed by atoms with Crippen molar-refractivity contribution in [1.29, 1.82) is 0 Å². The molecule has 4 nitrogen and oxygen atoms in total. The predicted octanol–water partition coefficient (Wildman–Crippen LogP) is 3.79. The summed E-state index contributed by atoms with van der Waals surface area (Å²) < 4.78 is 0. The van der Waals surface area contributed by atoms with E-state index in [4.69, 9.17) is 0 Å². The quantitative estimate of drug-likeness (QED) is 0.869. The lowest BCUT2D eigenvalue weighted by atomic mass is 9.65. The molecule has 2 unspecified atom stereocenters. The van der Waals surface area contributed by atoms with E-state index in [1.54, 1.807) is 0 Å². The van der Waals surface area contributed by atoms with Crippen molar-refractivity contribution < 1.29 is 9.59 Å². The van der Waals surface area contributed by atoms with Crippen LogP contribution in [0.4, 0.5) is 5.69 Å². The van der Waals surface area contributed by atoms with E-state index < -0.39 is 0 Å². The molecule has 1 aromatic rings. The molecule has 0 radical (unpaired) electrons. The van der Waals surface area contributed by atoms with E-state index >= 15 is 0 Å². The Bertz CT molecular complexity index is 646. The minimum absolute atomic E-state index is 0.0581. The Labute approximate surface area is 154 Å². The monoisotopic (exact) mass is 360 g/mol. The zero-order valence-electron chi connectivity index (χ0n) is 15.4. The van der Waals surface area contributed by atoms with Gasteiger partial charge in [0.05, 0.1) is 11.5 Å². The first-order valence-electron chi connectivity index (χ1n) is 8.99. The summed E-state index contributed by atoms with van der Waals surface area (Å²) in [6.45, 7) is 7.81. The van der Waals surface area contributed by atoms with E-state index in [1.807, 2.05) is 30.3 Å². The molecule has 2 aliphatic rings. The normalized spacial score (nSPS) is 27.2. The van der Waals surface area contributed by atoms with Gasteiger partial charge in [-0.1, -0.05) is 39.0 Å². The summed E-state index contributed by atoms with van der Waals surface area (Å²) >= 11 is 1.41. The van der Waals surface area contributed by atoms with E-state index in [0.29, 0.717) is 23.0 Å². The number of anilines is 1. The van der Waals surface area contributed by atoms with Gasteiger partial charge in [-0.05, 0) is 42.2 Å². The molecule has 0 spiro atoms. The maximum Gasteiger partial charge on any atom is 0.234 e. The molecular formula is C20H28N2O2S. The van der Waals surface area contributed by atoms with Gasteiger partial charge in [-0.3, -0.25) is 9.59 Å². The van der Waals surface area contributed by atoms with Crippen molar-refractivity contribution in [2.45, 2.75) is 46.1 Å². The van der Waals surface area contributed by atoms with E-state index in [9.17, 15) is 9.59 Å². The molecular weight excluding hydrogens is 332 g/mol. The summed E-state index contributed by atoms with van der Waals surface area (Å²) in [4.78, 5) is 26.7. The molecule has 1 saturated heterocycles. The predicted molar refractivity (Wildman–Crippen MR) is 104 cm³/mol. The molecule has 3 rings (SSSR count). The molecule has 2 amide bonds. The number of hydrogen-bond acceptors (Lipinski definition) is 3. The van der Waals surface area contributed by atoms with Crippen LogP contribution in [-0.4, -0.2) is 40.8 Å². The SMILES string of the molecule is CC1(C)CC2CC(C)(CN2C(=O)CSCC(=O)Nc2ccccc2)C1. The molecule has 1 aliphatic heterocycles. The summed E-state index contributed by atoms with van der Waals surface area (Å²) in [7, 11) is 0. The Kier molecular flexibility index (Phi) is 5.14. The minimum Gasteiger partial charge on any atom is -0.338 e. The Balaban J connectivity index is 1.46. The van der Waals surface area contributed by atoms with Crippen molar-refractivity contribution in [3.05, 3.63) is 30.3 Å². The van der Waals surface area contributed by atoms with Gasteiger partial charge in [0.25, 0.3) is 0 Å². The molecule has 136 valence electrons. The van der Waals surface area contributed by atoms with E-state index in [-0.39, 0.29) is 17.2 Å². The number of amides is 2. The van der Waals surface area contributed by atoms with Gasteiger partial charge in [0, 0.05) is 18.3 Å². The number of thioether (sulfide) groups is 1. The fourth-order valence-electron chi connectivity index (χ4n) is 4.78. The standard InChI is InChI=1S/C20H28N2O2S/c1-19(2)9-16-10-20(3,13-19)14-22(16)18(24)12-25-11-17(23)21-15-7-5-4-6-8-15/h4-8,16H,9-14H2,1-3H3,(H,21,23). The van der Waals surface area contributed by atoms with Crippen LogP contribution in [0.1, 0.15) is 40.0 Å². The minimum atomic E-state index is -0.0581. The molecule has 1 heterocycles. The second kappa shape index (κ2) is 7.02. The van der Waals surface area contributed by atoms with Crippen molar-refractivity contribution in [1.82, 2.24) is 4.90 Å². The lowest BCUT2D eigenvalue weighted by Crippen LogP contribution is -2.38. The first kappa shape index (κ1) is 18.3. The zero-order chi connectivity index (χ0) is 18.1. The number of fused-ring (bicyclic) bond motifs is 2. The number of likely N-dealkylation sites (tertiary alicyclic amines) is 1. The van der Waals surface area contributed by atoms with Gasteiger partial charge in [-0.15, -0.1) is 11.8 Å². The van der Waals surface area contributed by atoms with E-state index in [2.05, 4.69) is 31.0 Å². The zero-order valence-corrected chi connectivity index (χ0v) is 16.2. The summed E-state index contributed by atoms with van der Waals surface area (Å²) in [6, 6.07) is 9.79. The molecule has 1 N–H and O–H groups in total. The van der Waals surface area contributed by atoms with Crippen molar-refractivity contribution in [3.63, 3.8) is 0 Å². The molecule has 1 aromatic carbocycles. The maximum absolute atomic E-state index is 12.7. The molecule has 1 aliphatic carbocycles. The Hall–Kier alpha value is -1.49. The van der Waals surface area contributed by atoms with Crippen LogP contribution in [0.3, 0.4) is 0 Å². The lowest BCUT2D eigenvalue weighted by Gasteiger charge is -2.39. The highest BCUT2D eigenvalue weighted by atomic mass is 32.2. The molecule has 25 heavy (non-hydrogen) atoms. The van der Waals surface area contributed by atoms with Crippen LogP contribution in [-0.2, 0) is 9.59 Å². The lowest BCUT2D eigenvalue weighted by molar-refractivity contribution is -0.129. The third-order valence-electron chi connectivity index (χ3n) is 5.25.